The predicted octanol–water partition coefficient (Wildman–Crippen LogP) is 0.990. The van der Waals surface area contributed by atoms with Gasteiger partial charge in [-0.15, -0.1) is 0 Å². The van der Waals surface area contributed by atoms with Gasteiger partial charge in [0.25, 0.3) is 0 Å². The first-order valence-corrected chi connectivity index (χ1v) is 5.08. The van der Waals surface area contributed by atoms with E-state index >= 15 is 0 Å². The second-order valence-electron chi connectivity index (χ2n) is 3.65. The molecular formula is C9H18N2OS. The normalized spacial score (nSPS) is 18.1. The van der Waals surface area contributed by atoms with E-state index in [9.17, 15) is 0 Å². The van der Waals surface area contributed by atoms with Gasteiger partial charge in [0.15, 0.2) is 5.11 Å². The molecule has 1 saturated carbocycles. The SMILES string of the molecule is COCC(C)NC(=S)N(C)C1CC1. The van der Waals surface area contributed by atoms with Crippen molar-refractivity contribution in [2.45, 2.75) is 31.8 Å². The lowest BCUT2D eigenvalue weighted by molar-refractivity contribution is 0.178. The summed E-state index contributed by atoms with van der Waals surface area (Å²) in [6.07, 6.45) is 2.55. The number of ether oxygens (including phenoxy) is 1. The third-order valence-electron chi connectivity index (χ3n) is 2.20. The van der Waals surface area contributed by atoms with Gasteiger partial charge in [0.1, 0.15) is 0 Å². The van der Waals surface area contributed by atoms with Crippen molar-refractivity contribution in [1.82, 2.24) is 10.2 Å². The molecule has 0 aromatic heterocycles. The molecule has 0 aromatic rings. The van der Waals surface area contributed by atoms with Gasteiger partial charge in [-0.25, -0.2) is 0 Å². The van der Waals surface area contributed by atoms with Crippen LogP contribution in [-0.4, -0.2) is 42.9 Å². The molecule has 1 aliphatic rings. The number of rotatable bonds is 4. The van der Waals surface area contributed by atoms with Crippen LogP contribution in [0.3, 0.4) is 0 Å². The minimum Gasteiger partial charge on any atom is -0.383 e. The van der Waals surface area contributed by atoms with Gasteiger partial charge in [0.2, 0.25) is 0 Å². The van der Waals surface area contributed by atoms with Gasteiger partial charge in [-0.1, -0.05) is 0 Å². The summed E-state index contributed by atoms with van der Waals surface area (Å²) in [7, 11) is 3.75. The van der Waals surface area contributed by atoms with Crippen LogP contribution in [0.4, 0.5) is 0 Å². The highest BCUT2D eigenvalue weighted by atomic mass is 32.1. The maximum absolute atomic E-state index is 5.24. The van der Waals surface area contributed by atoms with Gasteiger partial charge < -0.3 is 15.0 Å². The van der Waals surface area contributed by atoms with Crippen molar-refractivity contribution < 1.29 is 4.74 Å². The van der Waals surface area contributed by atoms with Crippen molar-refractivity contribution in [1.29, 1.82) is 0 Å². The van der Waals surface area contributed by atoms with Crippen LogP contribution in [0.5, 0.6) is 0 Å². The standard InChI is InChI=1S/C9H18N2OS/c1-7(6-12-3)10-9(13)11(2)8-4-5-8/h7-8H,4-6H2,1-3H3,(H,10,13). The van der Waals surface area contributed by atoms with Crippen molar-refractivity contribution in [3.05, 3.63) is 0 Å². The van der Waals surface area contributed by atoms with E-state index in [1.54, 1.807) is 7.11 Å². The predicted molar refractivity (Wildman–Crippen MR) is 57.9 cm³/mol. The monoisotopic (exact) mass is 202 g/mol. The van der Waals surface area contributed by atoms with E-state index in [0.29, 0.717) is 18.7 Å². The summed E-state index contributed by atoms with van der Waals surface area (Å²) in [5.74, 6) is 0. The van der Waals surface area contributed by atoms with Gasteiger partial charge in [0, 0.05) is 26.2 Å². The Balaban J connectivity index is 2.22. The van der Waals surface area contributed by atoms with Gasteiger partial charge in [-0.05, 0) is 32.0 Å². The molecule has 1 unspecified atom stereocenters. The van der Waals surface area contributed by atoms with Crippen LogP contribution in [0.2, 0.25) is 0 Å². The molecule has 0 aromatic carbocycles. The number of hydrogen-bond donors (Lipinski definition) is 1. The highest BCUT2D eigenvalue weighted by molar-refractivity contribution is 7.80. The number of thiocarbonyl (C=S) groups is 1. The summed E-state index contributed by atoms with van der Waals surface area (Å²) in [5, 5.41) is 4.07. The summed E-state index contributed by atoms with van der Waals surface area (Å²) in [6, 6.07) is 0.966. The molecule has 1 fully saturated rings. The first kappa shape index (κ1) is 10.7. The highest BCUT2D eigenvalue weighted by Crippen LogP contribution is 2.25. The summed E-state index contributed by atoms with van der Waals surface area (Å²) < 4.78 is 5.02. The molecule has 1 atom stereocenters. The number of hydrogen-bond acceptors (Lipinski definition) is 2. The zero-order valence-electron chi connectivity index (χ0n) is 8.54. The fraction of sp³-hybridized carbons (Fsp3) is 0.889. The summed E-state index contributed by atoms with van der Waals surface area (Å²) >= 11 is 5.24. The molecule has 1 rings (SSSR count). The van der Waals surface area contributed by atoms with E-state index < -0.39 is 0 Å². The van der Waals surface area contributed by atoms with Crippen LogP contribution in [0.15, 0.2) is 0 Å². The topological polar surface area (TPSA) is 24.5 Å². The molecule has 13 heavy (non-hydrogen) atoms. The van der Waals surface area contributed by atoms with E-state index in [2.05, 4.69) is 17.1 Å². The molecule has 0 amide bonds. The Bertz CT molecular complexity index is 182. The van der Waals surface area contributed by atoms with E-state index in [1.165, 1.54) is 12.8 Å². The van der Waals surface area contributed by atoms with Gasteiger partial charge in [-0.2, -0.15) is 0 Å². The van der Waals surface area contributed by atoms with Crippen molar-refractivity contribution >= 4 is 17.3 Å². The van der Waals surface area contributed by atoms with E-state index in [4.69, 9.17) is 17.0 Å². The van der Waals surface area contributed by atoms with Crippen molar-refractivity contribution in [3.63, 3.8) is 0 Å². The highest BCUT2D eigenvalue weighted by Gasteiger charge is 2.27. The Hall–Kier alpha value is -0.350. The molecule has 0 bridgehead atoms. The fourth-order valence-corrected chi connectivity index (χ4v) is 1.58. The molecule has 0 aliphatic heterocycles. The minimum absolute atomic E-state index is 0.290. The lowest BCUT2D eigenvalue weighted by atomic mass is 10.4. The first-order valence-electron chi connectivity index (χ1n) is 4.67. The molecular weight excluding hydrogens is 184 g/mol. The van der Waals surface area contributed by atoms with Crippen LogP contribution in [0, 0.1) is 0 Å². The molecule has 3 nitrogen and oxygen atoms in total. The third-order valence-corrected chi connectivity index (χ3v) is 2.61. The Morgan fingerprint density at radius 3 is 2.77 bits per heavy atom. The minimum atomic E-state index is 0.290. The number of nitrogens with zero attached hydrogens (tertiary/aromatic N) is 1. The van der Waals surface area contributed by atoms with Crippen molar-refractivity contribution in [2.24, 2.45) is 0 Å². The second kappa shape index (κ2) is 4.77. The van der Waals surface area contributed by atoms with Gasteiger partial charge >= 0.3 is 0 Å². The Morgan fingerprint density at radius 2 is 2.31 bits per heavy atom. The van der Waals surface area contributed by atoms with Crippen LogP contribution in [0.1, 0.15) is 19.8 Å². The van der Waals surface area contributed by atoms with Gasteiger partial charge in [0.05, 0.1) is 6.61 Å². The quantitative estimate of drug-likeness (QED) is 0.687. The Morgan fingerprint density at radius 1 is 1.69 bits per heavy atom. The average molecular weight is 202 g/mol. The van der Waals surface area contributed by atoms with E-state index in [-0.39, 0.29) is 0 Å². The largest absolute Gasteiger partial charge is 0.383 e. The first-order chi connectivity index (χ1) is 6.15. The third kappa shape index (κ3) is 3.48. The molecule has 0 saturated heterocycles. The molecule has 1 N–H and O–H groups in total. The van der Waals surface area contributed by atoms with Crippen molar-refractivity contribution in [3.8, 4) is 0 Å². The van der Waals surface area contributed by atoms with Crippen LogP contribution < -0.4 is 5.32 Å². The lowest BCUT2D eigenvalue weighted by Crippen LogP contribution is -2.44. The number of methoxy groups -OCH3 is 1. The summed E-state index contributed by atoms with van der Waals surface area (Å²) in [5.41, 5.74) is 0. The lowest BCUT2D eigenvalue weighted by Gasteiger charge is -2.23. The van der Waals surface area contributed by atoms with Gasteiger partial charge in [-0.3, -0.25) is 0 Å². The molecule has 0 spiro atoms. The van der Waals surface area contributed by atoms with E-state index in [0.717, 1.165) is 5.11 Å². The van der Waals surface area contributed by atoms with Crippen LogP contribution >= 0.6 is 12.2 Å². The fourth-order valence-electron chi connectivity index (χ4n) is 1.23. The van der Waals surface area contributed by atoms with Crippen molar-refractivity contribution in [2.75, 3.05) is 20.8 Å². The summed E-state index contributed by atoms with van der Waals surface area (Å²) in [6.45, 7) is 2.76. The molecule has 0 radical (unpaired) electrons. The molecule has 1 aliphatic carbocycles. The molecule has 4 heteroatoms. The Kier molecular flexibility index (Phi) is 3.93. The second-order valence-corrected chi connectivity index (χ2v) is 4.03. The Labute approximate surface area is 85.4 Å². The zero-order chi connectivity index (χ0) is 9.84. The maximum Gasteiger partial charge on any atom is 0.169 e. The maximum atomic E-state index is 5.24. The zero-order valence-corrected chi connectivity index (χ0v) is 9.36. The number of nitrogens with one attached hydrogen (secondary N) is 1. The summed E-state index contributed by atoms with van der Waals surface area (Å²) in [4.78, 5) is 2.14. The van der Waals surface area contributed by atoms with Crippen LogP contribution in [0.25, 0.3) is 0 Å². The average Bonchev–Trinajstić information content (AvgIpc) is 2.85. The van der Waals surface area contributed by atoms with E-state index in [1.807, 2.05) is 7.05 Å². The molecule has 0 heterocycles. The van der Waals surface area contributed by atoms with Crippen LogP contribution in [-0.2, 0) is 4.74 Å². The smallest absolute Gasteiger partial charge is 0.169 e. The molecule has 76 valence electrons.